The molecule has 29 heavy (non-hydrogen) atoms. The second-order valence-corrected chi connectivity index (χ2v) is 6.70. The van der Waals surface area contributed by atoms with E-state index in [1.54, 1.807) is 21.1 Å². The van der Waals surface area contributed by atoms with Crippen LogP contribution in [0, 0.1) is 0 Å². The van der Waals surface area contributed by atoms with E-state index in [1.807, 2.05) is 54.0 Å². The van der Waals surface area contributed by atoms with Gasteiger partial charge in [-0.2, -0.15) is 0 Å². The maximum atomic E-state index is 12.9. The molecule has 7 nitrogen and oxygen atoms in total. The van der Waals surface area contributed by atoms with Crippen molar-refractivity contribution in [3.05, 3.63) is 59.3 Å². The number of ether oxygens (including phenoxy) is 3. The topological polar surface area (TPSA) is 74.6 Å². The van der Waals surface area contributed by atoms with Crippen LogP contribution in [0.5, 0.6) is 11.5 Å². The van der Waals surface area contributed by atoms with Crippen LogP contribution in [0.2, 0.25) is 0 Å². The van der Waals surface area contributed by atoms with Crippen LogP contribution in [0.25, 0.3) is 11.0 Å². The number of hydrogen-bond donors (Lipinski definition) is 1. The Hall–Kier alpha value is -3.48. The van der Waals surface area contributed by atoms with Gasteiger partial charge in [0.2, 0.25) is 5.95 Å². The van der Waals surface area contributed by atoms with E-state index in [1.165, 1.54) is 0 Å². The van der Waals surface area contributed by atoms with Crippen LogP contribution in [-0.4, -0.2) is 36.3 Å². The van der Waals surface area contributed by atoms with Gasteiger partial charge >= 0.3 is 5.97 Å². The summed E-state index contributed by atoms with van der Waals surface area (Å²) in [6, 6.07) is 13.1. The molecular formula is C22H23N3O4. The first-order chi connectivity index (χ1) is 14.1. The molecule has 150 valence electrons. The zero-order valence-corrected chi connectivity index (χ0v) is 16.9. The average Bonchev–Trinajstić information content (AvgIpc) is 3.10. The first-order valence-corrected chi connectivity index (χ1v) is 9.42. The van der Waals surface area contributed by atoms with Gasteiger partial charge in [0, 0.05) is 5.70 Å². The predicted molar refractivity (Wildman–Crippen MR) is 110 cm³/mol. The molecule has 0 unspecified atom stereocenters. The largest absolute Gasteiger partial charge is 0.493 e. The van der Waals surface area contributed by atoms with Gasteiger partial charge in [-0.25, -0.2) is 9.78 Å². The number of methoxy groups -OCH3 is 2. The summed E-state index contributed by atoms with van der Waals surface area (Å²) in [6.45, 7) is 3.96. The third kappa shape index (κ3) is 3.08. The Bertz CT molecular complexity index is 1120. The highest BCUT2D eigenvalue weighted by molar-refractivity contribution is 5.94. The molecule has 0 fully saturated rings. The summed E-state index contributed by atoms with van der Waals surface area (Å²) in [5, 5.41) is 3.26. The number of esters is 1. The lowest BCUT2D eigenvalue weighted by Crippen LogP contribution is -2.29. The maximum absolute atomic E-state index is 12.9. The zero-order valence-electron chi connectivity index (χ0n) is 16.9. The van der Waals surface area contributed by atoms with Gasteiger partial charge in [0.1, 0.15) is 0 Å². The molecule has 0 amide bonds. The summed E-state index contributed by atoms with van der Waals surface area (Å²) in [4.78, 5) is 17.6. The van der Waals surface area contributed by atoms with E-state index in [-0.39, 0.29) is 5.97 Å². The predicted octanol–water partition coefficient (Wildman–Crippen LogP) is 3.91. The van der Waals surface area contributed by atoms with E-state index >= 15 is 0 Å². The normalized spacial score (nSPS) is 15.7. The molecule has 1 N–H and O–H groups in total. The number of fused-ring (bicyclic) bond motifs is 3. The molecular weight excluding hydrogens is 370 g/mol. The summed E-state index contributed by atoms with van der Waals surface area (Å²) in [5.41, 5.74) is 3.89. The van der Waals surface area contributed by atoms with Gasteiger partial charge in [0.25, 0.3) is 0 Å². The molecule has 0 saturated carbocycles. The number of nitrogens with zero attached hydrogens (tertiary/aromatic N) is 2. The number of rotatable bonds is 5. The first kappa shape index (κ1) is 18.9. The van der Waals surface area contributed by atoms with Crippen LogP contribution in [0.3, 0.4) is 0 Å². The van der Waals surface area contributed by atoms with E-state index in [0.717, 1.165) is 16.6 Å². The molecule has 7 heteroatoms. The molecule has 0 spiro atoms. The lowest BCUT2D eigenvalue weighted by molar-refractivity contribution is -0.139. The summed E-state index contributed by atoms with van der Waals surface area (Å²) in [6.07, 6.45) is 0. The van der Waals surface area contributed by atoms with E-state index in [4.69, 9.17) is 19.2 Å². The molecule has 0 bridgehead atoms. The molecule has 3 aromatic rings. The number of anilines is 1. The lowest BCUT2D eigenvalue weighted by Gasteiger charge is -2.30. The number of carbonyl (C=O) groups excluding carboxylic acids is 1. The van der Waals surface area contributed by atoms with E-state index in [9.17, 15) is 4.79 Å². The van der Waals surface area contributed by atoms with Gasteiger partial charge in [-0.15, -0.1) is 0 Å². The highest BCUT2D eigenvalue weighted by atomic mass is 16.5. The highest BCUT2D eigenvalue weighted by Gasteiger charge is 2.35. The second kappa shape index (κ2) is 7.50. The van der Waals surface area contributed by atoms with Gasteiger partial charge in [0.15, 0.2) is 11.5 Å². The minimum atomic E-state index is -0.419. The van der Waals surface area contributed by atoms with E-state index in [2.05, 4.69) is 5.32 Å². The van der Waals surface area contributed by atoms with E-state index in [0.29, 0.717) is 35.3 Å². The van der Waals surface area contributed by atoms with Crippen molar-refractivity contribution in [1.82, 2.24) is 9.55 Å². The molecule has 2 heterocycles. The maximum Gasteiger partial charge on any atom is 0.338 e. The van der Waals surface area contributed by atoms with Crippen LogP contribution in [0.15, 0.2) is 53.7 Å². The Labute approximate surface area is 168 Å². The number of aromatic nitrogens is 2. The Kier molecular flexibility index (Phi) is 4.88. The second-order valence-electron chi connectivity index (χ2n) is 6.70. The first-order valence-electron chi connectivity index (χ1n) is 9.42. The molecule has 0 aliphatic carbocycles. The van der Waals surface area contributed by atoms with Crippen molar-refractivity contribution >= 4 is 23.0 Å². The number of hydrogen-bond acceptors (Lipinski definition) is 6. The number of carbonyl (C=O) groups is 1. The van der Waals surface area contributed by atoms with Gasteiger partial charge in [-0.05, 0) is 43.7 Å². The number of allylic oxidation sites excluding steroid dienone is 1. The minimum absolute atomic E-state index is 0.297. The van der Waals surface area contributed by atoms with Crippen molar-refractivity contribution in [1.29, 1.82) is 0 Å². The van der Waals surface area contributed by atoms with Crippen molar-refractivity contribution in [2.24, 2.45) is 0 Å². The molecule has 2 aromatic carbocycles. The quantitative estimate of drug-likeness (QED) is 0.663. The fraction of sp³-hybridized carbons (Fsp3) is 0.273. The number of para-hydroxylation sites is 2. The highest BCUT2D eigenvalue weighted by Crippen LogP contribution is 2.41. The van der Waals surface area contributed by atoms with Crippen molar-refractivity contribution in [3.8, 4) is 11.5 Å². The van der Waals surface area contributed by atoms with Crippen molar-refractivity contribution in [3.63, 3.8) is 0 Å². The van der Waals surface area contributed by atoms with Crippen molar-refractivity contribution in [2.75, 3.05) is 26.1 Å². The molecule has 0 radical (unpaired) electrons. The van der Waals surface area contributed by atoms with Gasteiger partial charge < -0.3 is 19.5 Å². The molecule has 1 aromatic heterocycles. The van der Waals surface area contributed by atoms with Crippen molar-refractivity contribution < 1.29 is 19.0 Å². The van der Waals surface area contributed by atoms with Crippen LogP contribution in [0.4, 0.5) is 5.95 Å². The zero-order chi connectivity index (χ0) is 20.5. The SMILES string of the molecule is CCOC(=O)C1=C(C)Nc2nc3ccccc3n2[C@H]1c1ccc(OC)c(OC)c1. The van der Waals surface area contributed by atoms with Crippen molar-refractivity contribution in [2.45, 2.75) is 19.9 Å². The third-order valence-electron chi connectivity index (χ3n) is 5.05. The summed E-state index contributed by atoms with van der Waals surface area (Å²) in [5.74, 6) is 1.53. The van der Waals surface area contributed by atoms with Crippen LogP contribution in [0.1, 0.15) is 25.5 Å². The van der Waals surface area contributed by atoms with Crippen LogP contribution < -0.4 is 14.8 Å². The number of benzene rings is 2. The average molecular weight is 393 g/mol. The Morgan fingerprint density at radius 1 is 1.14 bits per heavy atom. The third-order valence-corrected chi connectivity index (χ3v) is 5.05. The summed E-state index contributed by atoms with van der Waals surface area (Å²) in [7, 11) is 3.19. The summed E-state index contributed by atoms with van der Waals surface area (Å²) >= 11 is 0. The van der Waals surface area contributed by atoms with Gasteiger partial charge in [0.05, 0.1) is 43.5 Å². The monoisotopic (exact) mass is 393 g/mol. The molecule has 1 aliphatic rings. The Balaban J connectivity index is 1.97. The summed E-state index contributed by atoms with van der Waals surface area (Å²) < 4.78 is 18.3. The Morgan fingerprint density at radius 3 is 2.62 bits per heavy atom. The minimum Gasteiger partial charge on any atom is -0.493 e. The van der Waals surface area contributed by atoms with E-state index < -0.39 is 6.04 Å². The Morgan fingerprint density at radius 2 is 1.90 bits per heavy atom. The smallest absolute Gasteiger partial charge is 0.338 e. The number of imidazole rings is 1. The van der Waals surface area contributed by atoms with Gasteiger partial charge in [-0.3, -0.25) is 4.57 Å². The fourth-order valence-corrected chi connectivity index (χ4v) is 3.78. The van der Waals surface area contributed by atoms with Crippen LogP contribution >= 0.6 is 0 Å². The number of nitrogens with one attached hydrogen (secondary N) is 1. The molecule has 1 atom stereocenters. The molecule has 1 aliphatic heterocycles. The molecule has 0 saturated heterocycles. The molecule has 4 rings (SSSR count). The lowest BCUT2D eigenvalue weighted by atomic mass is 9.94. The fourth-order valence-electron chi connectivity index (χ4n) is 3.78. The van der Waals surface area contributed by atoms with Gasteiger partial charge in [-0.1, -0.05) is 18.2 Å². The van der Waals surface area contributed by atoms with Crippen LogP contribution in [-0.2, 0) is 9.53 Å². The standard InChI is InChI=1S/C22H23N3O4/c1-5-29-21(26)19-13(2)23-22-24-15-8-6-7-9-16(15)25(22)20(19)14-10-11-17(27-3)18(12-14)28-4/h6-12,20H,5H2,1-4H3,(H,23,24)/t20-/m0/s1.